The van der Waals surface area contributed by atoms with E-state index in [-0.39, 0.29) is 17.1 Å². The monoisotopic (exact) mass is 301 g/mol. The fourth-order valence-electron chi connectivity index (χ4n) is 1.66. The Labute approximate surface area is 120 Å². The summed E-state index contributed by atoms with van der Waals surface area (Å²) in [5, 5.41) is 6.48. The number of carbonyl (C=O) groups excluding carboxylic acids is 2. The lowest BCUT2D eigenvalue weighted by molar-refractivity contribution is -0.140. The molecule has 2 heterocycles. The van der Waals surface area contributed by atoms with Crippen molar-refractivity contribution in [3.05, 3.63) is 0 Å². The van der Waals surface area contributed by atoms with E-state index in [1.165, 1.54) is 30.6 Å². The number of amidine groups is 1. The van der Waals surface area contributed by atoms with Crippen LogP contribution in [0, 0.1) is 0 Å². The predicted molar refractivity (Wildman–Crippen MR) is 77.1 cm³/mol. The zero-order valence-electron chi connectivity index (χ0n) is 10.8. The van der Waals surface area contributed by atoms with Crippen LogP contribution < -0.4 is 0 Å². The van der Waals surface area contributed by atoms with Gasteiger partial charge < -0.3 is 4.74 Å². The van der Waals surface area contributed by atoms with Gasteiger partial charge in [-0.25, -0.2) is 5.01 Å². The summed E-state index contributed by atoms with van der Waals surface area (Å²) in [5.74, 6) is -0.359. The molecule has 0 aliphatic carbocycles. The summed E-state index contributed by atoms with van der Waals surface area (Å²) < 4.78 is 5.49. The Morgan fingerprint density at radius 2 is 2.42 bits per heavy atom. The number of nitrogens with zero attached hydrogens (tertiary/aromatic N) is 3. The number of carbonyl (C=O) groups is 2. The summed E-state index contributed by atoms with van der Waals surface area (Å²) in [5.41, 5.74) is 0. The third kappa shape index (κ3) is 3.50. The van der Waals surface area contributed by atoms with Crippen LogP contribution in [0.2, 0.25) is 0 Å². The number of amides is 1. The first-order valence-electron chi connectivity index (χ1n) is 6.04. The van der Waals surface area contributed by atoms with E-state index in [0.29, 0.717) is 24.6 Å². The number of hydrogen-bond acceptors (Lipinski definition) is 7. The molecule has 0 saturated heterocycles. The maximum Gasteiger partial charge on any atom is 0.319 e. The molecule has 0 aromatic rings. The standard InChI is InChI=1S/C11H15N3O3S2/c1-3-7(9(16)17-2)18-11-13-14-6-4-5-8(15)12-10(14)19-11/h7H,3-6H2,1-2H3. The molecule has 1 amide bonds. The van der Waals surface area contributed by atoms with Crippen LogP contribution in [0.3, 0.4) is 0 Å². The van der Waals surface area contributed by atoms with Crippen molar-refractivity contribution >= 4 is 44.9 Å². The average Bonchev–Trinajstić information content (AvgIpc) is 2.68. The highest BCUT2D eigenvalue weighted by molar-refractivity contribution is 8.45. The fraction of sp³-hybridized carbons (Fsp3) is 0.636. The lowest BCUT2D eigenvalue weighted by Gasteiger charge is -2.10. The molecule has 0 spiro atoms. The van der Waals surface area contributed by atoms with Gasteiger partial charge in [0.25, 0.3) is 0 Å². The number of thioether (sulfide) groups is 2. The van der Waals surface area contributed by atoms with Crippen LogP contribution >= 0.6 is 23.5 Å². The molecule has 19 heavy (non-hydrogen) atoms. The Kier molecular flexibility index (Phi) is 4.87. The first-order chi connectivity index (χ1) is 9.13. The first kappa shape index (κ1) is 14.4. The topological polar surface area (TPSA) is 71.3 Å². The molecule has 1 atom stereocenters. The number of ether oxygens (including phenoxy) is 1. The van der Waals surface area contributed by atoms with E-state index >= 15 is 0 Å². The zero-order chi connectivity index (χ0) is 13.8. The summed E-state index contributed by atoms with van der Waals surface area (Å²) in [6.45, 7) is 2.62. The van der Waals surface area contributed by atoms with Gasteiger partial charge >= 0.3 is 5.97 Å². The first-order valence-corrected chi connectivity index (χ1v) is 7.73. The van der Waals surface area contributed by atoms with E-state index in [4.69, 9.17) is 4.74 Å². The largest absolute Gasteiger partial charge is 0.468 e. The Balaban J connectivity index is 2.04. The van der Waals surface area contributed by atoms with E-state index in [1.807, 2.05) is 6.92 Å². The molecular formula is C11H15N3O3S2. The quantitative estimate of drug-likeness (QED) is 0.738. The van der Waals surface area contributed by atoms with Gasteiger partial charge in [0.05, 0.1) is 7.11 Å². The average molecular weight is 301 g/mol. The van der Waals surface area contributed by atoms with Gasteiger partial charge in [-0.3, -0.25) is 9.59 Å². The number of fused-ring (bicyclic) bond motifs is 1. The molecule has 6 nitrogen and oxygen atoms in total. The molecular weight excluding hydrogens is 286 g/mol. The van der Waals surface area contributed by atoms with Crippen molar-refractivity contribution in [3.63, 3.8) is 0 Å². The summed E-state index contributed by atoms with van der Waals surface area (Å²) in [6, 6.07) is 0. The molecule has 0 aromatic carbocycles. The highest BCUT2D eigenvalue weighted by Crippen LogP contribution is 2.33. The minimum Gasteiger partial charge on any atom is -0.468 e. The molecule has 2 rings (SSSR count). The van der Waals surface area contributed by atoms with Gasteiger partial charge in [-0.1, -0.05) is 18.7 Å². The third-order valence-corrected chi connectivity index (χ3v) is 5.03. The van der Waals surface area contributed by atoms with E-state index in [1.54, 1.807) is 5.01 Å². The molecule has 1 unspecified atom stereocenters. The Hall–Kier alpha value is -1.02. The molecule has 0 radical (unpaired) electrons. The predicted octanol–water partition coefficient (Wildman–Crippen LogP) is 1.67. The Morgan fingerprint density at radius 1 is 1.63 bits per heavy atom. The van der Waals surface area contributed by atoms with E-state index in [0.717, 1.165) is 10.8 Å². The number of hydrogen-bond donors (Lipinski definition) is 0. The molecule has 2 aliphatic rings. The van der Waals surface area contributed by atoms with E-state index < -0.39 is 0 Å². The van der Waals surface area contributed by atoms with Gasteiger partial charge in [-0.05, 0) is 24.6 Å². The van der Waals surface area contributed by atoms with Gasteiger partial charge in [-0.15, -0.1) is 0 Å². The molecule has 0 saturated carbocycles. The van der Waals surface area contributed by atoms with Crippen molar-refractivity contribution in [1.29, 1.82) is 0 Å². The van der Waals surface area contributed by atoms with E-state index in [9.17, 15) is 9.59 Å². The molecule has 0 aromatic heterocycles. The molecule has 8 heteroatoms. The summed E-state index contributed by atoms with van der Waals surface area (Å²) in [6.07, 6.45) is 1.89. The van der Waals surface area contributed by atoms with Crippen LogP contribution in [0.5, 0.6) is 0 Å². The Bertz CT molecular complexity index is 450. The van der Waals surface area contributed by atoms with Gasteiger partial charge in [-0.2, -0.15) is 10.1 Å². The number of methoxy groups -OCH3 is 1. The lowest BCUT2D eigenvalue weighted by atomic mass is 10.3. The highest BCUT2D eigenvalue weighted by atomic mass is 32.2. The number of hydrazone groups is 1. The molecule has 0 fully saturated rings. The summed E-state index contributed by atoms with van der Waals surface area (Å²) in [7, 11) is 1.38. The second-order valence-electron chi connectivity index (χ2n) is 4.02. The van der Waals surface area contributed by atoms with Gasteiger partial charge in [0, 0.05) is 13.0 Å². The molecule has 104 valence electrons. The zero-order valence-corrected chi connectivity index (χ0v) is 12.4. The van der Waals surface area contributed by atoms with Crippen LogP contribution in [0.15, 0.2) is 10.1 Å². The lowest BCUT2D eigenvalue weighted by Crippen LogP contribution is -2.19. The van der Waals surface area contributed by atoms with Gasteiger partial charge in [0.1, 0.15) is 5.25 Å². The second-order valence-corrected chi connectivity index (χ2v) is 6.43. The SMILES string of the molecule is CCC(SC1=NN2CCCC(=O)N=C2S1)C(=O)OC. The third-order valence-electron chi connectivity index (χ3n) is 2.66. The number of aliphatic imine (C=N–C) groups is 1. The van der Waals surface area contributed by atoms with Crippen LogP contribution in [0.1, 0.15) is 26.2 Å². The van der Waals surface area contributed by atoms with E-state index in [2.05, 4.69) is 10.1 Å². The van der Waals surface area contributed by atoms with Crippen molar-refractivity contribution in [1.82, 2.24) is 5.01 Å². The van der Waals surface area contributed by atoms with Crippen molar-refractivity contribution in [3.8, 4) is 0 Å². The minimum atomic E-state index is -0.268. The normalized spacial score (nSPS) is 20.3. The van der Waals surface area contributed by atoms with Crippen LogP contribution in [-0.4, -0.2) is 45.3 Å². The van der Waals surface area contributed by atoms with Crippen LogP contribution in [-0.2, 0) is 14.3 Å². The van der Waals surface area contributed by atoms with Gasteiger partial charge in [0.15, 0.2) is 9.54 Å². The minimum absolute atomic E-state index is 0.105. The number of esters is 1. The molecule has 2 aliphatic heterocycles. The van der Waals surface area contributed by atoms with Crippen molar-refractivity contribution in [2.24, 2.45) is 10.1 Å². The highest BCUT2D eigenvalue weighted by Gasteiger charge is 2.30. The molecule has 0 N–H and O–H groups in total. The molecule has 0 bridgehead atoms. The maximum absolute atomic E-state index is 11.5. The van der Waals surface area contributed by atoms with Crippen molar-refractivity contribution < 1.29 is 14.3 Å². The Morgan fingerprint density at radius 3 is 3.11 bits per heavy atom. The second kappa shape index (κ2) is 6.42. The van der Waals surface area contributed by atoms with Gasteiger partial charge in [0.2, 0.25) is 5.91 Å². The fourth-order valence-corrected chi connectivity index (χ4v) is 3.85. The van der Waals surface area contributed by atoms with Crippen LogP contribution in [0.25, 0.3) is 0 Å². The summed E-state index contributed by atoms with van der Waals surface area (Å²) >= 11 is 2.71. The smallest absolute Gasteiger partial charge is 0.319 e. The van der Waals surface area contributed by atoms with Crippen molar-refractivity contribution in [2.75, 3.05) is 13.7 Å². The number of rotatable bonds is 3. The summed E-state index contributed by atoms with van der Waals surface area (Å²) in [4.78, 5) is 27.0. The van der Waals surface area contributed by atoms with Crippen molar-refractivity contribution in [2.45, 2.75) is 31.4 Å². The van der Waals surface area contributed by atoms with Crippen LogP contribution in [0.4, 0.5) is 0 Å². The maximum atomic E-state index is 11.5.